The number of benzene rings is 19. The van der Waals surface area contributed by atoms with Crippen LogP contribution in [0.1, 0.15) is 0 Å². The summed E-state index contributed by atoms with van der Waals surface area (Å²) < 4.78 is 0. The molecule has 19 rings (SSSR count). The molecule has 19 aromatic rings. The molecule has 448 valence electrons. The lowest BCUT2D eigenvalue weighted by Gasteiger charge is -2.34. The smallest absolute Gasteiger partial charge is 0.0568 e. The average Bonchev–Trinajstić information content (AvgIpc) is 0.683. The first kappa shape index (κ1) is 54.9. The Balaban J connectivity index is 1.06. The number of anilines is 12. The van der Waals surface area contributed by atoms with Gasteiger partial charge >= 0.3 is 0 Å². The van der Waals surface area contributed by atoms with Crippen LogP contribution < -0.4 is 19.6 Å². The van der Waals surface area contributed by atoms with Gasteiger partial charge in [0.2, 0.25) is 0 Å². The summed E-state index contributed by atoms with van der Waals surface area (Å²) in [5.41, 5.74) is 12.8. The van der Waals surface area contributed by atoms with Gasteiger partial charge in [0.1, 0.15) is 0 Å². The maximum absolute atomic E-state index is 2.55. The molecule has 0 saturated carbocycles. The highest BCUT2D eigenvalue weighted by molar-refractivity contribution is 6.44. The lowest BCUT2D eigenvalue weighted by molar-refractivity contribution is 1.28. The molecule has 0 radical (unpaired) electrons. The summed E-state index contributed by atoms with van der Waals surface area (Å²) >= 11 is 0. The van der Waals surface area contributed by atoms with Crippen molar-refractivity contribution in [2.24, 2.45) is 0 Å². The zero-order valence-electron chi connectivity index (χ0n) is 52.4. The molecule has 0 aliphatic carbocycles. The Labute approximate surface area is 556 Å². The van der Waals surface area contributed by atoms with Gasteiger partial charge in [0.25, 0.3) is 0 Å². The second-order valence-corrected chi connectivity index (χ2v) is 25.1. The maximum Gasteiger partial charge on any atom is 0.0568 e. The molecule has 0 spiro atoms. The second kappa shape index (κ2) is 22.5. The molecule has 0 saturated heterocycles. The Morgan fingerprint density at radius 2 is 0.438 bits per heavy atom. The lowest BCUT2D eigenvalue weighted by Crippen LogP contribution is -2.15. The summed E-state index contributed by atoms with van der Waals surface area (Å²) in [6.45, 7) is 0. The Hall–Kier alpha value is -12.8. The number of fused-ring (bicyclic) bond motifs is 10. The number of para-hydroxylation sites is 4. The minimum Gasteiger partial charge on any atom is -0.310 e. The SMILES string of the molecule is c1ccc(N(c2cc(N(c3ccccc3)c3cccc4ccccc34)c3cc4c5ccccc5cc5c6c(N(c7ccccc7)c7cccc8ccccc78)cc(N(c7ccccc7)c7cccc8ccccc78)c7cccc(c76)c(c3c2)c45)c2cccc3ccccc23)cc1. The number of hydrogen-bond donors (Lipinski definition) is 0. The molecule has 0 atom stereocenters. The summed E-state index contributed by atoms with van der Waals surface area (Å²) in [5.74, 6) is 0. The van der Waals surface area contributed by atoms with E-state index in [0.717, 1.165) is 111 Å². The molecule has 0 fully saturated rings. The quantitative estimate of drug-likeness (QED) is 0.0893. The first-order chi connectivity index (χ1) is 47.7. The molecule has 4 nitrogen and oxygen atoms in total. The minimum absolute atomic E-state index is 1.03. The predicted molar refractivity (Wildman–Crippen MR) is 411 cm³/mol. The van der Waals surface area contributed by atoms with Crippen LogP contribution in [-0.2, 0) is 0 Å². The van der Waals surface area contributed by atoms with Gasteiger partial charge < -0.3 is 19.6 Å². The van der Waals surface area contributed by atoms with Crippen molar-refractivity contribution in [1.29, 1.82) is 0 Å². The van der Waals surface area contributed by atoms with Crippen molar-refractivity contribution in [3.05, 3.63) is 364 Å². The molecule has 0 aromatic heterocycles. The first-order valence-electron chi connectivity index (χ1n) is 33.1. The van der Waals surface area contributed by atoms with Gasteiger partial charge in [0.15, 0.2) is 0 Å². The van der Waals surface area contributed by atoms with E-state index in [9.17, 15) is 0 Å². The summed E-state index contributed by atoms with van der Waals surface area (Å²) in [5, 5.41) is 23.4. The van der Waals surface area contributed by atoms with E-state index in [-0.39, 0.29) is 0 Å². The van der Waals surface area contributed by atoms with Gasteiger partial charge in [0, 0.05) is 71.5 Å². The minimum atomic E-state index is 1.03. The van der Waals surface area contributed by atoms with Crippen molar-refractivity contribution in [2.75, 3.05) is 19.6 Å². The molecule has 0 amide bonds. The molecule has 0 aliphatic rings. The van der Waals surface area contributed by atoms with Gasteiger partial charge in [-0.3, -0.25) is 0 Å². The Kier molecular flexibility index (Phi) is 12.9. The Bertz CT molecular complexity index is 6210. The molecule has 96 heavy (non-hydrogen) atoms. The largest absolute Gasteiger partial charge is 0.310 e. The van der Waals surface area contributed by atoms with Crippen molar-refractivity contribution in [1.82, 2.24) is 0 Å². The van der Waals surface area contributed by atoms with Crippen LogP contribution in [0, 0.1) is 0 Å². The van der Waals surface area contributed by atoms with Crippen LogP contribution in [0.2, 0.25) is 0 Å². The Morgan fingerprint density at radius 3 is 0.906 bits per heavy atom. The Morgan fingerprint density at radius 1 is 0.125 bits per heavy atom. The number of nitrogens with zero attached hydrogens (tertiary/aromatic N) is 4. The van der Waals surface area contributed by atoms with E-state index in [2.05, 4.69) is 384 Å². The third kappa shape index (κ3) is 8.77. The zero-order valence-corrected chi connectivity index (χ0v) is 52.4. The molecule has 0 aliphatic heterocycles. The topological polar surface area (TPSA) is 13.0 Å². The summed E-state index contributed by atoms with van der Waals surface area (Å²) in [6.07, 6.45) is 0. The molecular weight excluding hydrogens is 1160 g/mol. The van der Waals surface area contributed by atoms with Gasteiger partial charge in [-0.15, -0.1) is 0 Å². The third-order valence-corrected chi connectivity index (χ3v) is 19.8. The predicted octanol–water partition coefficient (Wildman–Crippen LogP) is 26.5. The fourth-order valence-electron chi connectivity index (χ4n) is 15.7. The summed E-state index contributed by atoms with van der Waals surface area (Å²) in [4.78, 5) is 10.1. The number of hydrogen-bond acceptors (Lipinski definition) is 4. The van der Waals surface area contributed by atoms with Crippen molar-refractivity contribution in [3.63, 3.8) is 0 Å². The van der Waals surface area contributed by atoms with Gasteiger partial charge in [-0.05, 0) is 168 Å². The molecule has 0 bridgehead atoms. The monoisotopic (exact) mass is 1220 g/mol. The van der Waals surface area contributed by atoms with Gasteiger partial charge in [0.05, 0.1) is 39.8 Å². The van der Waals surface area contributed by atoms with Crippen molar-refractivity contribution < 1.29 is 0 Å². The fraction of sp³-hybridized carbons (Fsp3) is 0. The highest BCUT2D eigenvalue weighted by Gasteiger charge is 2.31. The van der Waals surface area contributed by atoms with Crippen LogP contribution in [-0.4, -0.2) is 0 Å². The van der Waals surface area contributed by atoms with Gasteiger partial charge in [-0.2, -0.15) is 0 Å². The first-order valence-corrected chi connectivity index (χ1v) is 33.1. The maximum atomic E-state index is 2.55. The van der Waals surface area contributed by atoms with Crippen molar-refractivity contribution >= 4 is 176 Å². The van der Waals surface area contributed by atoms with Crippen LogP contribution in [0.25, 0.3) is 108 Å². The lowest BCUT2D eigenvalue weighted by atomic mass is 9.83. The molecule has 0 unspecified atom stereocenters. The van der Waals surface area contributed by atoms with E-state index in [0.29, 0.717) is 0 Å². The molecule has 0 heterocycles. The number of rotatable bonds is 12. The molecule has 4 heteroatoms. The van der Waals surface area contributed by atoms with E-state index < -0.39 is 0 Å². The van der Waals surface area contributed by atoms with E-state index >= 15 is 0 Å². The average molecular weight is 1220 g/mol. The summed E-state index contributed by atoms with van der Waals surface area (Å²) in [6, 6.07) is 135. The summed E-state index contributed by atoms with van der Waals surface area (Å²) in [7, 11) is 0. The van der Waals surface area contributed by atoms with Crippen molar-refractivity contribution in [2.45, 2.75) is 0 Å². The van der Waals surface area contributed by atoms with E-state index in [1.54, 1.807) is 0 Å². The molecule has 19 aromatic carbocycles. The van der Waals surface area contributed by atoms with E-state index in [1.165, 1.54) is 64.6 Å². The van der Waals surface area contributed by atoms with Crippen LogP contribution >= 0.6 is 0 Å². The second-order valence-electron chi connectivity index (χ2n) is 25.1. The van der Waals surface area contributed by atoms with E-state index in [1.807, 2.05) is 0 Å². The fourth-order valence-corrected chi connectivity index (χ4v) is 15.7. The van der Waals surface area contributed by atoms with E-state index in [4.69, 9.17) is 0 Å². The molecular formula is C92H60N4. The van der Waals surface area contributed by atoms with Crippen molar-refractivity contribution in [3.8, 4) is 0 Å². The standard InChI is InChI=1S/C92H60N4/c1-5-37-66(38-6-1)93(82-52-23-33-61-28-13-19-46-72(61)82)70-57-79-78(86(58-70)94(67-39-7-2-8-40-67)83-53-24-34-62-29-14-20-47-73(62)83)59-80-71-45-18-17-32-65(71)56-81-91(80)90(79)77-51-27-50-76-87(95(68-41-9-3-10-42-68)84-54-25-35-63-30-15-21-48-74(63)84)60-88(92(81)89(76)77)96(69-43-11-4-12-44-69)85-55-26-36-64-31-16-22-49-75(64)85/h1-60H. The van der Waals surface area contributed by atoms with Crippen LogP contribution in [0.4, 0.5) is 68.2 Å². The van der Waals surface area contributed by atoms with Crippen LogP contribution in [0.5, 0.6) is 0 Å². The van der Waals surface area contributed by atoms with Gasteiger partial charge in [-0.25, -0.2) is 0 Å². The third-order valence-electron chi connectivity index (χ3n) is 19.8. The van der Waals surface area contributed by atoms with Crippen LogP contribution in [0.15, 0.2) is 364 Å². The zero-order chi connectivity index (χ0) is 63.2. The highest BCUT2D eigenvalue weighted by atomic mass is 15.2. The van der Waals surface area contributed by atoms with Gasteiger partial charge in [-0.1, -0.05) is 261 Å². The normalized spacial score (nSPS) is 11.8. The molecule has 0 N–H and O–H groups in total. The van der Waals surface area contributed by atoms with Crippen LogP contribution in [0.3, 0.4) is 0 Å². The highest BCUT2D eigenvalue weighted by Crippen LogP contribution is 2.57.